The van der Waals surface area contributed by atoms with Crippen molar-refractivity contribution in [3.63, 3.8) is 0 Å². The molecule has 92 valence electrons. The molecule has 0 saturated carbocycles. The van der Waals surface area contributed by atoms with E-state index in [0.717, 1.165) is 0 Å². The molecule has 0 spiro atoms. The molecule has 1 unspecified atom stereocenters. The topological polar surface area (TPSA) is 131 Å². The lowest BCUT2D eigenvalue weighted by atomic mass is 10.1. The summed E-state index contributed by atoms with van der Waals surface area (Å²) in [7, 11) is 0. The van der Waals surface area contributed by atoms with Crippen LogP contribution in [0.2, 0.25) is 0 Å². The zero-order chi connectivity index (χ0) is 11.8. The van der Waals surface area contributed by atoms with Crippen LogP contribution in [0.25, 0.3) is 0 Å². The van der Waals surface area contributed by atoms with Crippen LogP contribution in [-0.4, -0.2) is 81.5 Å². The molecule has 7 nitrogen and oxygen atoms in total. The third-order valence-corrected chi connectivity index (χ3v) is 1.79. The van der Waals surface area contributed by atoms with Gasteiger partial charge in [-0.15, -0.1) is 0 Å². The van der Waals surface area contributed by atoms with Crippen LogP contribution in [0, 0.1) is 0 Å². The summed E-state index contributed by atoms with van der Waals surface area (Å²) >= 11 is 0. The van der Waals surface area contributed by atoms with E-state index in [2.05, 4.69) is 0 Å². The van der Waals surface area contributed by atoms with Gasteiger partial charge in [0, 0.05) is 0 Å². The van der Waals surface area contributed by atoms with Gasteiger partial charge in [-0.25, -0.2) is 0 Å². The molecular formula is C8H18O7. The van der Waals surface area contributed by atoms with Crippen molar-refractivity contribution in [2.75, 3.05) is 26.4 Å². The third kappa shape index (κ3) is 6.00. The largest absolute Gasteiger partial charge is 0.394 e. The number of hydrogen-bond donors (Lipinski definition) is 6. The molecule has 7 heteroatoms. The Morgan fingerprint density at radius 2 is 1.40 bits per heavy atom. The first-order valence-electron chi connectivity index (χ1n) is 4.54. The number of hydrogen-bond acceptors (Lipinski definition) is 7. The molecule has 0 aliphatic rings. The molecule has 0 bridgehead atoms. The Morgan fingerprint density at radius 1 is 0.800 bits per heavy atom. The van der Waals surface area contributed by atoms with E-state index >= 15 is 0 Å². The Hall–Kier alpha value is -0.280. The van der Waals surface area contributed by atoms with Gasteiger partial charge in [0.25, 0.3) is 0 Å². The van der Waals surface area contributed by atoms with E-state index in [4.69, 9.17) is 30.3 Å². The summed E-state index contributed by atoms with van der Waals surface area (Å²) in [4.78, 5) is 0. The summed E-state index contributed by atoms with van der Waals surface area (Å²) < 4.78 is 4.75. The molecule has 6 N–H and O–H groups in total. The van der Waals surface area contributed by atoms with Crippen molar-refractivity contribution >= 4 is 0 Å². The maximum atomic E-state index is 9.21. The van der Waals surface area contributed by atoms with Gasteiger partial charge in [0.05, 0.1) is 26.4 Å². The molecule has 0 heterocycles. The second-order valence-corrected chi connectivity index (χ2v) is 3.18. The molecule has 0 saturated heterocycles. The highest BCUT2D eigenvalue weighted by molar-refractivity contribution is 4.74. The number of ether oxygens (including phenoxy) is 1. The molecule has 4 atom stereocenters. The minimum Gasteiger partial charge on any atom is -0.394 e. The standard InChI is InChI=1S/C8H18O7/c9-1-5(11)3-15-4-7(13)8(14)6(12)2-10/h5-14H,1-4H2/t5?,6-,7-,8-/m1/s1. The highest BCUT2D eigenvalue weighted by Gasteiger charge is 2.24. The Morgan fingerprint density at radius 3 is 1.87 bits per heavy atom. The van der Waals surface area contributed by atoms with E-state index in [1.807, 2.05) is 0 Å². The Bertz CT molecular complexity index is 154. The van der Waals surface area contributed by atoms with Crippen molar-refractivity contribution in [3.8, 4) is 0 Å². The fourth-order valence-electron chi connectivity index (χ4n) is 0.841. The number of aliphatic hydroxyl groups is 6. The van der Waals surface area contributed by atoms with E-state index in [-0.39, 0.29) is 13.2 Å². The van der Waals surface area contributed by atoms with Crippen molar-refractivity contribution in [3.05, 3.63) is 0 Å². The summed E-state index contributed by atoms with van der Waals surface area (Å²) in [5.74, 6) is 0. The SMILES string of the molecule is OCC(O)COC[C@@H](O)[C@H](O)[C@H](O)CO. The summed E-state index contributed by atoms with van der Waals surface area (Å²) in [6.45, 7) is -1.62. The third-order valence-electron chi connectivity index (χ3n) is 1.79. The van der Waals surface area contributed by atoms with Crippen molar-refractivity contribution in [1.29, 1.82) is 0 Å². The predicted molar refractivity (Wildman–Crippen MR) is 49.0 cm³/mol. The Kier molecular flexibility index (Phi) is 7.79. The van der Waals surface area contributed by atoms with Crippen LogP contribution >= 0.6 is 0 Å². The first-order chi connectivity index (χ1) is 7.02. The maximum absolute atomic E-state index is 9.21. The predicted octanol–water partition coefficient (Wildman–Crippen LogP) is -3.57. The van der Waals surface area contributed by atoms with Crippen molar-refractivity contribution < 1.29 is 35.4 Å². The molecule has 0 aliphatic carbocycles. The quantitative estimate of drug-likeness (QED) is 0.252. The lowest BCUT2D eigenvalue weighted by Gasteiger charge is -2.21. The van der Waals surface area contributed by atoms with Gasteiger partial charge in [-0.3, -0.25) is 0 Å². The first kappa shape index (κ1) is 14.7. The zero-order valence-corrected chi connectivity index (χ0v) is 8.23. The van der Waals surface area contributed by atoms with Crippen LogP contribution in [-0.2, 0) is 4.74 Å². The molecule has 15 heavy (non-hydrogen) atoms. The van der Waals surface area contributed by atoms with Gasteiger partial charge < -0.3 is 35.4 Å². The monoisotopic (exact) mass is 226 g/mol. The number of aliphatic hydroxyl groups excluding tert-OH is 6. The molecule has 0 aromatic heterocycles. The van der Waals surface area contributed by atoms with Gasteiger partial charge in [-0.1, -0.05) is 0 Å². The van der Waals surface area contributed by atoms with Crippen LogP contribution in [0.4, 0.5) is 0 Å². The van der Waals surface area contributed by atoms with E-state index in [1.165, 1.54) is 0 Å². The lowest BCUT2D eigenvalue weighted by molar-refractivity contribution is -0.107. The smallest absolute Gasteiger partial charge is 0.110 e. The Balaban J connectivity index is 3.68. The lowest BCUT2D eigenvalue weighted by Crippen LogP contribution is -2.42. The van der Waals surface area contributed by atoms with E-state index in [1.54, 1.807) is 0 Å². The highest BCUT2D eigenvalue weighted by Crippen LogP contribution is 2.00. The summed E-state index contributed by atoms with van der Waals surface area (Å²) in [6, 6.07) is 0. The summed E-state index contributed by atoms with van der Waals surface area (Å²) in [6.07, 6.45) is -5.36. The van der Waals surface area contributed by atoms with Crippen molar-refractivity contribution in [2.45, 2.75) is 24.4 Å². The van der Waals surface area contributed by atoms with Gasteiger partial charge >= 0.3 is 0 Å². The average molecular weight is 226 g/mol. The van der Waals surface area contributed by atoms with E-state index in [9.17, 15) is 5.11 Å². The second kappa shape index (κ2) is 7.94. The van der Waals surface area contributed by atoms with Crippen LogP contribution in [0.3, 0.4) is 0 Å². The molecule has 0 fully saturated rings. The molecule has 0 aliphatic heterocycles. The molecule has 0 amide bonds. The van der Waals surface area contributed by atoms with Gasteiger partial charge in [0.1, 0.15) is 24.4 Å². The van der Waals surface area contributed by atoms with Crippen molar-refractivity contribution in [2.24, 2.45) is 0 Å². The average Bonchev–Trinajstić information content (AvgIpc) is 2.26. The van der Waals surface area contributed by atoms with Crippen LogP contribution in [0.5, 0.6) is 0 Å². The molecular weight excluding hydrogens is 208 g/mol. The van der Waals surface area contributed by atoms with E-state index in [0.29, 0.717) is 0 Å². The van der Waals surface area contributed by atoms with Gasteiger partial charge in [0.15, 0.2) is 0 Å². The minimum atomic E-state index is -1.51. The Labute approximate surface area is 87.2 Å². The first-order valence-corrected chi connectivity index (χ1v) is 4.54. The number of rotatable bonds is 8. The second-order valence-electron chi connectivity index (χ2n) is 3.18. The minimum absolute atomic E-state index is 0.185. The van der Waals surface area contributed by atoms with Crippen LogP contribution < -0.4 is 0 Å². The van der Waals surface area contributed by atoms with Gasteiger partial charge in [0.2, 0.25) is 0 Å². The summed E-state index contributed by atoms with van der Waals surface area (Å²) in [5, 5.41) is 53.1. The molecule has 0 radical (unpaired) electrons. The maximum Gasteiger partial charge on any atom is 0.110 e. The van der Waals surface area contributed by atoms with Crippen molar-refractivity contribution in [1.82, 2.24) is 0 Å². The molecule has 0 aromatic carbocycles. The van der Waals surface area contributed by atoms with Gasteiger partial charge in [-0.2, -0.15) is 0 Å². The highest BCUT2D eigenvalue weighted by atomic mass is 16.5. The molecule has 0 rings (SSSR count). The van der Waals surface area contributed by atoms with Gasteiger partial charge in [-0.05, 0) is 0 Å². The van der Waals surface area contributed by atoms with E-state index < -0.39 is 37.6 Å². The fourth-order valence-corrected chi connectivity index (χ4v) is 0.841. The molecule has 0 aromatic rings. The summed E-state index contributed by atoms with van der Waals surface area (Å²) in [5.41, 5.74) is 0. The van der Waals surface area contributed by atoms with Crippen LogP contribution in [0.1, 0.15) is 0 Å². The fraction of sp³-hybridized carbons (Fsp3) is 1.00. The van der Waals surface area contributed by atoms with Crippen LogP contribution in [0.15, 0.2) is 0 Å². The zero-order valence-electron chi connectivity index (χ0n) is 8.23. The normalized spacial score (nSPS) is 19.6.